The van der Waals surface area contributed by atoms with Crippen molar-refractivity contribution < 1.29 is 4.39 Å². The van der Waals surface area contributed by atoms with Crippen molar-refractivity contribution in [2.75, 3.05) is 11.9 Å². The zero-order valence-corrected chi connectivity index (χ0v) is 13.7. The molecule has 0 bridgehead atoms. The lowest BCUT2D eigenvalue weighted by Crippen LogP contribution is -2.18. The van der Waals surface area contributed by atoms with E-state index >= 15 is 0 Å². The summed E-state index contributed by atoms with van der Waals surface area (Å²) in [5.74, 6) is -0.173. The largest absolute Gasteiger partial charge is 0.370 e. The molecule has 0 aromatic heterocycles. The van der Waals surface area contributed by atoms with Crippen molar-refractivity contribution in [2.45, 2.75) is 11.9 Å². The lowest BCUT2D eigenvalue weighted by molar-refractivity contribution is 0.616. The number of hydrogen-bond donors (Lipinski definition) is 0. The van der Waals surface area contributed by atoms with Gasteiger partial charge in [-0.25, -0.2) is 4.39 Å². The molecule has 0 spiro atoms. The number of nitrogens with zero attached hydrogens (tertiary/aromatic N) is 1. The van der Waals surface area contributed by atoms with E-state index in [9.17, 15) is 4.39 Å². The van der Waals surface area contributed by atoms with Crippen LogP contribution >= 0.6 is 31.9 Å². The van der Waals surface area contributed by atoms with E-state index in [1.807, 2.05) is 31.3 Å². The van der Waals surface area contributed by atoms with Crippen LogP contribution in [0.5, 0.6) is 0 Å². The van der Waals surface area contributed by atoms with Gasteiger partial charge in [0.1, 0.15) is 5.82 Å². The van der Waals surface area contributed by atoms with E-state index in [0.29, 0.717) is 10.9 Å². The smallest absolute Gasteiger partial charge is 0.129 e. The third-order valence-corrected chi connectivity index (χ3v) is 4.34. The average molecular weight is 387 g/mol. The van der Waals surface area contributed by atoms with Gasteiger partial charge in [-0.3, -0.25) is 0 Å². The van der Waals surface area contributed by atoms with Gasteiger partial charge < -0.3 is 4.90 Å². The van der Waals surface area contributed by atoms with Crippen LogP contribution in [-0.4, -0.2) is 7.05 Å². The number of alkyl halides is 1. The molecule has 0 N–H and O–H groups in total. The molecular weight excluding hydrogens is 373 g/mol. The molecule has 0 fully saturated rings. The Labute approximate surface area is 129 Å². The molecule has 0 saturated carbocycles. The minimum Gasteiger partial charge on any atom is -0.370 e. The lowest BCUT2D eigenvalue weighted by atomic mass is 10.1. The number of halogens is 3. The fourth-order valence-electron chi connectivity index (χ4n) is 2.00. The molecule has 0 aliphatic rings. The zero-order chi connectivity index (χ0) is 13.8. The molecule has 0 atom stereocenters. The van der Waals surface area contributed by atoms with Gasteiger partial charge in [0.05, 0.1) is 0 Å². The van der Waals surface area contributed by atoms with Crippen molar-refractivity contribution in [1.82, 2.24) is 0 Å². The Bertz CT molecular complexity index is 572. The van der Waals surface area contributed by atoms with Crippen LogP contribution in [0, 0.1) is 5.82 Å². The third kappa shape index (κ3) is 3.37. The van der Waals surface area contributed by atoms with Gasteiger partial charge in [0.2, 0.25) is 0 Å². The third-order valence-electron chi connectivity index (χ3n) is 3.00. The Kier molecular flexibility index (Phi) is 4.99. The van der Waals surface area contributed by atoms with Crippen LogP contribution in [0.25, 0.3) is 0 Å². The van der Waals surface area contributed by atoms with Crippen LogP contribution in [0.15, 0.2) is 46.9 Å². The number of hydrogen-bond acceptors (Lipinski definition) is 1. The Balaban J connectivity index is 2.28. The monoisotopic (exact) mass is 385 g/mol. The summed E-state index contributed by atoms with van der Waals surface area (Å²) in [4.78, 5) is 2.06. The second-order valence-electron chi connectivity index (χ2n) is 4.32. The first-order chi connectivity index (χ1) is 9.13. The molecule has 100 valence electrons. The Morgan fingerprint density at radius 1 is 1.11 bits per heavy atom. The van der Waals surface area contributed by atoms with Crippen molar-refractivity contribution in [1.29, 1.82) is 0 Å². The number of benzene rings is 2. The standard InChI is InChI=1S/C15H14Br2FN/c1-19(10-11-5-2-3-6-13(11)17)15-8-4-7-14(18)12(15)9-16/h2-8H,9-10H2,1H3. The number of rotatable bonds is 4. The molecule has 0 aliphatic heterocycles. The fraction of sp³-hybridized carbons (Fsp3) is 0.200. The summed E-state index contributed by atoms with van der Waals surface area (Å²) >= 11 is 6.89. The number of anilines is 1. The topological polar surface area (TPSA) is 3.24 Å². The molecule has 1 nitrogen and oxygen atoms in total. The molecule has 2 rings (SSSR count). The Morgan fingerprint density at radius 3 is 2.53 bits per heavy atom. The predicted molar refractivity (Wildman–Crippen MR) is 85.3 cm³/mol. The van der Waals surface area contributed by atoms with Crippen molar-refractivity contribution in [3.8, 4) is 0 Å². The highest BCUT2D eigenvalue weighted by molar-refractivity contribution is 9.10. The highest BCUT2D eigenvalue weighted by atomic mass is 79.9. The van der Waals surface area contributed by atoms with E-state index in [2.05, 4.69) is 42.8 Å². The van der Waals surface area contributed by atoms with Crippen LogP contribution in [0.1, 0.15) is 11.1 Å². The van der Waals surface area contributed by atoms with Gasteiger partial charge in [-0.2, -0.15) is 0 Å². The molecular formula is C15H14Br2FN. The first kappa shape index (κ1) is 14.5. The van der Waals surface area contributed by atoms with Gasteiger partial charge >= 0.3 is 0 Å². The minimum absolute atomic E-state index is 0.173. The molecule has 0 radical (unpaired) electrons. The summed E-state index contributed by atoms with van der Waals surface area (Å²) in [6.45, 7) is 0.727. The van der Waals surface area contributed by atoms with Crippen LogP contribution in [0.2, 0.25) is 0 Å². The average Bonchev–Trinajstić information content (AvgIpc) is 2.41. The maximum absolute atomic E-state index is 13.8. The molecule has 0 unspecified atom stereocenters. The van der Waals surface area contributed by atoms with E-state index in [1.54, 1.807) is 6.07 Å². The predicted octanol–water partition coefficient (Wildman–Crippen LogP) is 5.12. The summed E-state index contributed by atoms with van der Waals surface area (Å²) in [6, 6.07) is 13.2. The summed E-state index contributed by atoms with van der Waals surface area (Å²) < 4.78 is 14.8. The summed E-state index contributed by atoms with van der Waals surface area (Å²) in [6.07, 6.45) is 0. The molecule has 0 amide bonds. The maximum atomic E-state index is 13.8. The zero-order valence-electron chi connectivity index (χ0n) is 10.5. The SMILES string of the molecule is CN(Cc1ccccc1Br)c1cccc(F)c1CBr. The molecule has 0 heterocycles. The summed E-state index contributed by atoms with van der Waals surface area (Å²) in [7, 11) is 1.97. The van der Waals surface area contributed by atoms with Crippen molar-refractivity contribution in [3.05, 3.63) is 63.9 Å². The van der Waals surface area contributed by atoms with Crippen LogP contribution in [0.3, 0.4) is 0 Å². The minimum atomic E-state index is -0.173. The van der Waals surface area contributed by atoms with Crippen molar-refractivity contribution in [2.24, 2.45) is 0 Å². The lowest BCUT2D eigenvalue weighted by Gasteiger charge is -2.23. The Morgan fingerprint density at radius 2 is 1.84 bits per heavy atom. The summed E-state index contributed by atoms with van der Waals surface area (Å²) in [5, 5.41) is 0.509. The van der Waals surface area contributed by atoms with Crippen LogP contribution in [0.4, 0.5) is 10.1 Å². The fourth-order valence-corrected chi connectivity index (χ4v) is 2.97. The van der Waals surface area contributed by atoms with E-state index in [-0.39, 0.29) is 5.82 Å². The van der Waals surface area contributed by atoms with Gasteiger partial charge in [-0.05, 0) is 23.8 Å². The van der Waals surface area contributed by atoms with E-state index in [1.165, 1.54) is 11.6 Å². The van der Waals surface area contributed by atoms with E-state index in [0.717, 1.165) is 16.7 Å². The highest BCUT2D eigenvalue weighted by Crippen LogP contribution is 2.27. The van der Waals surface area contributed by atoms with Gasteiger partial charge in [0.15, 0.2) is 0 Å². The van der Waals surface area contributed by atoms with E-state index < -0.39 is 0 Å². The molecule has 4 heteroatoms. The van der Waals surface area contributed by atoms with E-state index in [4.69, 9.17) is 0 Å². The second kappa shape index (κ2) is 6.53. The van der Waals surface area contributed by atoms with Gasteiger partial charge in [0, 0.05) is 34.6 Å². The van der Waals surface area contributed by atoms with Crippen LogP contribution < -0.4 is 4.90 Å². The summed E-state index contributed by atoms with van der Waals surface area (Å²) in [5.41, 5.74) is 2.78. The van der Waals surface area contributed by atoms with Crippen molar-refractivity contribution in [3.63, 3.8) is 0 Å². The second-order valence-corrected chi connectivity index (χ2v) is 5.73. The van der Waals surface area contributed by atoms with Gasteiger partial charge in [0.25, 0.3) is 0 Å². The first-order valence-corrected chi connectivity index (χ1v) is 7.83. The van der Waals surface area contributed by atoms with Crippen LogP contribution in [-0.2, 0) is 11.9 Å². The maximum Gasteiger partial charge on any atom is 0.129 e. The van der Waals surface area contributed by atoms with Gasteiger partial charge in [-0.1, -0.05) is 56.1 Å². The van der Waals surface area contributed by atoms with Gasteiger partial charge in [-0.15, -0.1) is 0 Å². The normalized spacial score (nSPS) is 10.5. The molecule has 2 aromatic rings. The molecule has 0 aliphatic carbocycles. The molecule has 19 heavy (non-hydrogen) atoms. The Hall–Kier alpha value is -0.870. The molecule has 0 saturated heterocycles. The first-order valence-electron chi connectivity index (χ1n) is 5.91. The van der Waals surface area contributed by atoms with Crippen molar-refractivity contribution >= 4 is 37.5 Å². The quantitative estimate of drug-likeness (QED) is 0.659. The molecule has 2 aromatic carbocycles. The highest BCUT2D eigenvalue weighted by Gasteiger charge is 2.12.